The third kappa shape index (κ3) is 2.89. The molecule has 1 atom stereocenters. The minimum atomic E-state index is -0.996. The van der Waals surface area contributed by atoms with Gasteiger partial charge in [-0.1, -0.05) is 34.4 Å². The van der Waals surface area contributed by atoms with Crippen molar-refractivity contribution in [2.75, 3.05) is 4.90 Å². The third-order valence-electron chi connectivity index (χ3n) is 4.32. The number of aryl methyl sites for hydroxylation is 1. The lowest BCUT2D eigenvalue weighted by Gasteiger charge is -2.24. The molecule has 0 saturated heterocycles. The minimum Gasteiger partial charge on any atom is -0.503 e. The van der Waals surface area contributed by atoms with Crippen molar-refractivity contribution in [3.63, 3.8) is 0 Å². The summed E-state index contributed by atoms with van der Waals surface area (Å²) < 4.78 is 10.2. The van der Waals surface area contributed by atoms with Crippen molar-refractivity contribution in [1.82, 2.24) is 5.16 Å². The Bertz CT molecular complexity index is 1120. The molecule has 1 aliphatic heterocycles. The van der Waals surface area contributed by atoms with Gasteiger partial charge in [-0.3, -0.25) is 14.5 Å². The van der Waals surface area contributed by atoms with E-state index in [1.54, 1.807) is 19.1 Å². The Kier molecular flexibility index (Phi) is 4.49. The van der Waals surface area contributed by atoms with E-state index in [4.69, 9.17) is 32.1 Å². The monoisotopic (exact) mass is 418 g/mol. The average molecular weight is 419 g/mol. The van der Waals surface area contributed by atoms with E-state index >= 15 is 0 Å². The van der Waals surface area contributed by atoms with Gasteiger partial charge in [0.2, 0.25) is 5.78 Å². The van der Waals surface area contributed by atoms with Crippen molar-refractivity contribution in [2.24, 2.45) is 0 Å². The van der Waals surface area contributed by atoms with Crippen LogP contribution in [-0.2, 0) is 4.79 Å². The first-order valence-corrected chi connectivity index (χ1v) is 8.87. The summed E-state index contributed by atoms with van der Waals surface area (Å²) in [7, 11) is 0. The zero-order valence-electron chi connectivity index (χ0n) is 14.3. The van der Waals surface area contributed by atoms with Gasteiger partial charge < -0.3 is 14.0 Å². The predicted octanol–water partition coefficient (Wildman–Crippen LogP) is 4.67. The Labute approximate surface area is 168 Å². The Balaban J connectivity index is 1.90. The largest absolute Gasteiger partial charge is 0.503 e. The molecule has 2 aromatic heterocycles. The fourth-order valence-corrected chi connectivity index (χ4v) is 3.39. The van der Waals surface area contributed by atoms with Crippen molar-refractivity contribution in [3.05, 3.63) is 81.1 Å². The topological polar surface area (TPSA) is 96.8 Å². The van der Waals surface area contributed by atoms with E-state index in [0.29, 0.717) is 16.3 Å². The van der Waals surface area contributed by atoms with E-state index < -0.39 is 23.5 Å². The number of ketones is 1. The number of anilines is 1. The number of nitrogens with zero attached hydrogens (tertiary/aromatic N) is 2. The molecule has 0 fully saturated rings. The fourth-order valence-electron chi connectivity index (χ4n) is 3.08. The third-order valence-corrected chi connectivity index (χ3v) is 5.06. The van der Waals surface area contributed by atoms with Gasteiger partial charge in [-0.15, -0.1) is 0 Å². The maximum atomic E-state index is 13.0. The molecule has 0 bridgehead atoms. The number of amides is 1. The predicted molar refractivity (Wildman–Crippen MR) is 101 cm³/mol. The van der Waals surface area contributed by atoms with Crippen LogP contribution in [0.1, 0.15) is 27.9 Å². The van der Waals surface area contributed by atoms with Crippen LogP contribution in [0.5, 0.6) is 0 Å². The van der Waals surface area contributed by atoms with Crippen molar-refractivity contribution >= 4 is 40.7 Å². The van der Waals surface area contributed by atoms with Crippen molar-refractivity contribution in [3.8, 4) is 0 Å². The molecule has 7 nitrogen and oxygen atoms in total. The standard InChI is InChI=1S/C19H12Cl2N2O5/c1-9-7-14(22-28-9)23-16(10-4-5-11(20)12(21)8-10)15(18(25)19(23)26)17(24)13-3-2-6-27-13/h2-8,16,25H,1H3. The molecule has 0 saturated carbocycles. The number of hydrogen-bond acceptors (Lipinski definition) is 6. The molecule has 9 heteroatoms. The normalized spacial score (nSPS) is 16.9. The van der Waals surface area contributed by atoms with E-state index in [9.17, 15) is 14.7 Å². The quantitative estimate of drug-likeness (QED) is 0.618. The number of aromatic nitrogens is 1. The van der Waals surface area contributed by atoms with Crippen LogP contribution in [0.25, 0.3) is 0 Å². The summed E-state index contributed by atoms with van der Waals surface area (Å²) in [6.45, 7) is 1.66. The average Bonchev–Trinajstić information content (AvgIpc) is 3.39. The summed E-state index contributed by atoms with van der Waals surface area (Å²) in [6.07, 6.45) is 1.33. The van der Waals surface area contributed by atoms with Gasteiger partial charge in [0.1, 0.15) is 5.76 Å². The lowest BCUT2D eigenvalue weighted by Crippen LogP contribution is -2.31. The number of furan rings is 1. The summed E-state index contributed by atoms with van der Waals surface area (Å²) >= 11 is 12.1. The molecular weight excluding hydrogens is 407 g/mol. The van der Waals surface area contributed by atoms with Gasteiger partial charge in [0.05, 0.1) is 27.9 Å². The number of carbonyl (C=O) groups is 2. The molecule has 1 aliphatic rings. The number of halogens is 2. The van der Waals surface area contributed by atoms with Crippen molar-refractivity contribution in [2.45, 2.75) is 13.0 Å². The van der Waals surface area contributed by atoms with Crippen LogP contribution < -0.4 is 4.90 Å². The maximum Gasteiger partial charge on any atom is 0.295 e. The lowest BCUT2D eigenvalue weighted by molar-refractivity contribution is -0.117. The van der Waals surface area contributed by atoms with Gasteiger partial charge in [0.15, 0.2) is 17.3 Å². The van der Waals surface area contributed by atoms with E-state index in [1.165, 1.54) is 35.4 Å². The second kappa shape index (κ2) is 6.85. The van der Waals surface area contributed by atoms with Crippen LogP contribution in [0.15, 0.2) is 62.9 Å². The van der Waals surface area contributed by atoms with Gasteiger partial charge in [-0.2, -0.15) is 0 Å². The number of benzene rings is 1. The highest BCUT2D eigenvalue weighted by atomic mass is 35.5. The molecule has 0 aliphatic carbocycles. The summed E-state index contributed by atoms with van der Waals surface area (Å²) in [5.74, 6) is -1.53. The van der Waals surface area contributed by atoms with Gasteiger partial charge in [-0.05, 0) is 36.8 Å². The molecule has 1 amide bonds. The first kappa shape index (κ1) is 18.3. The zero-order chi connectivity index (χ0) is 20.0. The summed E-state index contributed by atoms with van der Waals surface area (Å²) in [5.41, 5.74) is 0.307. The minimum absolute atomic E-state index is 0.0161. The Morgan fingerprint density at radius 3 is 2.61 bits per heavy atom. The zero-order valence-corrected chi connectivity index (χ0v) is 15.9. The molecule has 0 spiro atoms. The van der Waals surface area contributed by atoms with Gasteiger partial charge in [0.25, 0.3) is 5.91 Å². The molecule has 0 radical (unpaired) electrons. The highest BCUT2D eigenvalue weighted by molar-refractivity contribution is 6.42. The van der Waals surface area contributed by atoms with E-state index in [1.807, 2.05) is 0 Å². The van der Waals surface area contributed by atoms with Gasteiger partial charge in [0, 0.05) is 6.07 Å². The fraction of sp³-hybridized carbons (Fsp3) is 0.105. The second-order valence-corrected chi connectivity index (χ2v) is 6.93. The second-order valence-electron chi connectivity index (χ2n) is 6.12. The SMILES string of the molecule is Cc1cc(N2C(=O)C(O)=C(C(=O)c3ccco3)C2c2ccc(Cl)c(Cl)c2)no1. The molecule has 142 valence electrons. The Morgan fingerprint density at radius 2 is 2.00 bits per heavy atom. The first-order chi connectivity index (χ1) is 13.4. The number of Topliss-reactive ketones (excluding diaryl/α,β-unsaturated/α-hetero) is 1. The molecule has 4 rings (SSSR count). The lowest BCUT2D eigenvalue weighted by atomic mass is 9.95. The van der Waals surface area contributed by atoms with Crippen LogP contribution in [-0.4, -0.2) is 22.0 Å². The van der Waals surface area contributed by atoms with E-state index in [-0.39, 0.29) is 22.2 Å². The first-order valence-electron chi connectivity index (χ1n) is 8.11. The van der Waals surface area contributed by atoms with E-state index in [0.717, 1.165) is 0 Å². The summed E-state index contributed by atoms with van der Waals surface area (Å²) in [5, 5.41) is 14.9. The van der Waals surface area contributed by atoms with Crippen LogP contribution in [0.2, 0.25) is 10.0 Å². The van der Waals surface area contributed by atoms with Crippen LogP contribution in [0.4, 0.5) is 5.82 Å². The molecule has 3 aromatic rings. The molecule has 28 heavy (non-hydrogen) atoms. The number of hydrogen-bond donors (Lipinski definition) is 1. The van der Waals surface area contributed by atoms with Crippen molar-refractivity contribution < 1.29 is 23.6 Å². The van der Waals surface area contributed by atoms with Crippen LogP contribution in [0.3, 0.4) is 0 Å². The van der Waals surface area contributed by atoms with Crippen LogP contribution >= 0.6 is 23.2 Å². The Hall–Kier alpha value is -3.03. The number of aliphatic hydroxyl groups excluding tert-OH is 1. The smallest absolute Gasteiger partial charge is 0.295 e. The molecule has 1 unspecified atom stereocenters. The van der Waals surface area contributed by atoms with Crippen molar-refractivity contribution in [1.29, 1.82) is 0 Å². The van der Waals surface area contributed by atoms with Crippen LogP contribution in [0, 0.1) is 6.92 Å². The highest BCUT2D eigenvalue weighted by Crippen LogP contribution is 2.42. The van der Waals surface area contributed by atoms with Gasteiger partial charge in [-0.25, -0.2) is 0 Å². The summed E-state index contributed by atoms with van der Waals surface area (Å²) in [4.78, 5) is 27.0. The maximum absolute atomic E-state index is 13.0. The molecule has 1 N–H and O–H groups in total. The molecule has 3 heterocycles. The highest BCUT2D eigenvalue weighted by Gasteiger charge is 2.46. The van der Waals surface area contributed by atoms with Gasteiger partial charge >= 0.3 is 0 Å². The number of carbonyl (C=O) groups excluding carboxylic acids is 2. The van der Waals surface area contributed by atoms with E-state index in [2.05, 4.69) is 5.16 Å². The Morgan fingerprint density at radius 1 is 1.21 bits per heavy atom. The molecular formula is C19H12Cl2N2O5. The number of aliphatic hydroxyl groups is 1. The number of rotatable bonds is 4. The summed E-state index contributed by atoms with van der Waals surface area (Å²) in [6, 6.07) is 8.19. The molecule has 1 aromatic carbocycles.